The van der Waals surface area contributed by atoms with Crippen LogP contribution in [0.3, 0.4) is 0 Å². The molecule has 1 saturated heterocycles. The average molecular weight is 257 g/mol. The first-order chi connectivity index (χ1) is 8.31. The van der Waals surface area contributed by atoms with Gasteiger partial charge >= 0.3 is 0 Å². The van der Waals surface area contributed by atoms with Crippen LogP contribution in [-0.4, -0.2) is 34.8 Å². The standard InChI is InChI=1S/C11H19N3O2S/c1-8(3-2-4-12)11-13-10(14-16-11)9-7-17-6-5-15-9/h8-9H,2-7,12H2,1H3. The SMILES string of the molecule is CC(CCCN)c1nc(C2CSCCO2)no1. The zero-order valence-electron chi connectivity index (χ0n) is 10.1. The Morgan fingerprint density at radius 2 is 2.47 bits per heavy atom. The van der Waals surface area contributed by atoms with Crippen LogP contribution in [0.2, 0.25) is 0 Å². The molecule has 1 fully saturated rings. The van der Waals surface area contributed by atoms with Gasteiger partial charge in [0.15, 0.2) is 0 Å². The predicted octanol–water partition coefficient (Wildman–Crippen LogP) is 1.72. The molecule has 0 bridgehead atoms. The van der Waals surface area contributed by atoms with Gasteiger partial charge in [0.05, 0.1) is 6.61 Å². The van der Waals surface area contributed by atoms with Gasteiger partial charge in [-0.3, -0.25) is 0 Å². The molecular weight excluding hydrogens is 238 g/mol. The predicted molar refractivity (Wildman–Crippen MR) is 67.0 cm³/mol. The van der Waals surface area contributed by atoms with Gasteiger partial charge in [-0.25, -0.2) is 0 Å². The van der Waals surface area contributed by atoms with Crippen LogP contribution < -0.4 is 5.73 Å². The number of ether oxygens (including phenoxy) is 1. The maximum absolute atomic E-state index is 5.61. The van der Waals surface area contributed by atoms with E-state index < -0.39 is 0 Å². The third-order valence-electron chi connectivity index (χ3n) is 2.82. The van der Waals surface area contributed by atoms with E-state index in [1.807, 2.05) is 11.8 Å². The van der Waals surface area contributed by atoms with Crippen LogP contribution in [0.15, 0.2) is 4.52 Å². The summed E-state index contributed by atoms with van der Waals surface area (Å²) < 4.78 is 10.9. The topological polar surface area (TPSA) is 74.2 Å². The van der Waals surface area contributed by atoms with E-state index in [-0.39, 0.29) is 12.0 Å². The van der Waals surface area contributed by atoms with Crippen LogP contribution in [0.1, 0.15) is 43.5 Å². The lowest BCUT2D eigenvalue weighted by Gasteiger charge is -2.18. The highest BCUT2D eigenvalue weighted by Gasteiger charge is 2.23. The second-order valence-corrected chi connectivity index (χ2v) is 5.41. The minimum Gasteiger partial charge on any atom is -0.368 e. The molecule has 2 atom stereocenters. The fourth-order valence-corrected chi connectivity index (χ4v) is 2.60. The second kappa shape index (κ2) is 6.37. The summed E-state index contributed by atoms with van der Waals surface area (Å²) >= 11 is 1.87. The summed E-state index contributed by atoms with van der Waals surface area (Å²) in [6, 6.07) is 0. The van der Waals surface area contributed by atoms with Gasteiger partial charge < -0.3 is 15.0 Å². The van der Waals surface area contributed by atoms with Gasteiger partial charge in [-0.05, 0) is 19.4 Å². The van der Waals surface area contributed by atoms with Crippen molar-refractivity contribution in [2.24, 2.45) is 5.73 Å². The molecule has 2 rings (SSSR count). The van der Waals surface area contributed by atoms with Gasteiger partial charge in [-0.1, -0.05) is 12.1 Å². The van der Waals surface area contributed by atoms with E-state index >= 15 is 0 Å². The Hall–Kier alpha value is -0.590. The van der Waals surface area contributed by atoms with Crippen molar-refractivity contribution in [3.05, 3.63) is 11.7 Å². The Kier molecular flexibility index (Phi) is 4.82. The average Bonchev–Trinajstić information content (AvgIpc) is 2.86. The lowest BCUT2D eigenvalue weighted by Crippen LogP contribution is -2.16. The fourth-order valence-electron chi connectivity index (χ4n) is 1.76. The van der Waals surface area contributed by atoms with Crippen molar-refractivity contribution in [1.82, 2.24) is 10.1 Å². The quantitative estimate of drug-likeness (QED) is 0.865. The number of rotatable bonds is 5. The van der Waals surface area contributed by atoms with Crippen molar-refractivity contribution in [3.8, 4) is 0 Å². The highest BCUT2D eigenvalue weighted by molar-refractivity contribution is 7.99. The Bertz CT molecular complexity index is 339. The largest absolute Gasteiger partial charge is 0.368 e. The number of nitrogens with zero attached hydrogens (tertiary/aromatic N) is 2. The van der Waals surface area contributed by atoms with Crippen LogP contribution in [-0.2, 0) is 4.74 Å². The van der Waals surface area contributed by atoms with Gasteiger partial charge in [-0.15, -0.1) is 0 Å². The third-order valence-corrected chi connectivity index (χ3v) is 3.82. The summed E-state index contributed by atoms with van der Waals surface area (Å²) in [6.45, 7) is 3.55. The zero-order valence-corrected chi connectivity index (χ0v) is 10.9. The van der Waals surface area contributed by atoms with Crippen LogP contribution in [0.4, 0.5) is 0 Å². The first-order valence-corrected chi connectivity index (χ1v) is 7.19. The van der Waals surface area contributed by atoms with Gasteiger partial charge in [-0.2, -0.15) is 16.7 Å². The zero-order chi connectivity index (χ0) is 12.1. The number of hydrogen-bond donors (Lipinski definition) is 1. The summed E-state index contributed by atoms with van der Waals surface area (Å²) in [4.78, 5) is 4.43. The van der Waals surface area contributed by atoms with Gasteiger partial charge in [0.1, 0.15) is 6.10 Å². The lowest BCUT2D eigenvalue weighted by molar-refractivity contribution is 0.0677. The molecule has 1 aliphatic rings. The monoisotopic (exact) mass is 257 g/mol. The molecule has 2 N–H and O–H groups in total. The van der Waals surface area contributed by atoms with E-state index in [0.717, 1.165) is 31.0 Å². The van der Waals surface area contributed by atoms with Crippen LogP contribution in [0.25, 0.3) is 0 Å². The Balaban J connectivity index is 1.94. The number of hydrogen-bond acceptors (Lipinski definition) is 6. The van der Waals surface area contributed by atoms with E-state index in [0.29, 0.717) is 18.3 Å². The number of aromatic nitrogens is 2. The molecule has 0 radical (unpaired) electrons. The van der Waals surface area contributed by atoms with Crippen LogP contribution >= 0.6 is 11.8 Å². The van der Waals surface area contributed by atoms with E-state index in [4.69, 9.17) is 15.0 Å². The van der Waals surface area contributed by atoms with E-state index in [9.17, 15) is 0 Å². The molecule has 96 valence electrons. The summed E-state index contributed by atoms with van der Waals surface area (Å²) in [6.07, 6.45) is 1.96. The molecule has 5 nitrogen and oxygen atoms in total. The number of nitrogens with two attached hydrogens (primary N) is 1. The molecule has 1 aromatic heterocycles. The minimum absolute atomic E-state index is 0.00652. The maximum atomic E-state index is 5.61. The molecule has 2 unspecified atom stereocenters. The summed E-state index contributed by atoms with van der Waals surface area (Å²) in [7, 11) is 0. The molecule has 0 aromatic carbocycles. The molecule has 0 aliphatic carbocycles. The van der Waals surface area contributed by atoms with Crippen molar-refractivity contribution in [1.29, 1.82) is 0 Å². The molecule has 1 aromatic rings. The first kappa shape index (κ1) is 12.9. The fraction of sp³-hybridized carbons (Fsp3) is 0.818. The minimum atomic E-state index is -0.00652. The van der Waals surface area contributed by atoms with E-state index in [1.54, 1.807) is 0 Å². The van der Waals surface area contributed by atoms with Crippen LogP contribution in [0, 0.1) is 0 Å². The molecular formula is C11H19N3O2S. The van der Waals surface area contributed by atoms with Gasteiger partial charge in [0.2, 0.25) is 11.7 Å². The first-order valence-electron chi connectivity index (χ1n) is 6.04. The molecule has 1 aliphatic heterocycles. The molecule has 6 heteroatoms. The summed E-state index contributed by atoms with van der Waals surface area (Å²) in [5, 5.41) is 4.01. The maximum Gasteiger partial charge on any atom is 0.229 e. The van der Waals surface area contributed by atoms with Crippen LogP contribution in [0.5, 0.6) is 0 Å². The van der Waals surface area contributed by atoms with Crippen molar-refractivity contribution >= 4 is 11.8 Å². The van der Waals surface area contributed by atoms with Gasteiger partial charge in [0, 0.05) is 17.4 Å². The van der Waals surface area contributed by atoms with Crippen molar-refractivity contribution in [3.63, 3.8) is 0 Å². The Morgan fingerprint density at radius 3 is 3.18 bits per heavy atom. The highest BCUT2D eigenvalue weighted by Crippen LogP contribution is 2.26. The molecule has 0 amide bonds. The lowest BCUT2D eigenvalue weighted by atomic mass is 10.1. The Labute approximate surface area is 105 Å². The molecule has 17 heavy (non-hydrogen) atoms. The van der Waals surface area contributed by atoms with Crippen molar-refractivity contribution in [2.75, 3.05) is 24.7 Å². The molecule has 2 heterocycles. The number of thioether (sulfide) groups is 1. The molecule has 0 spiro atoms. The van der Waals surface area contributed by atoms with E-state index in [2.05, 4.69) is 17.1 Å². The van der Waals surface area contributed by atoms with Crippen molar-refractivity contribution in [2.45, 2.75) is 31.8 Å². The second-order valence-electron chi connectivity index (χ2n) is 4.26. The van der Waals surface area contributed by atoms with E-state index in [1.165, 1.54) is 0 Å². The smallest absolute Gasteiger partial charge is 0.229 e. The summed E-state index contributed by atoms with van der Waals surface area (Å²) in [5.41, 5.74) is 5.49. The third kappa shape index (κ3) is 3.43. The molecule has 0 saturated carbocycles. The highest BCUT2D eigenvalue weighted by atomic mass is 32.2. The Morgan fingerprint density at radius 1 is 1.59 bits per heavy atom. The summed E-state index contributed by atoms with van der Waals surface area (Å²) in [5.74, 6) is 3.63. The normalized spacial score (nSPS) is 22.6. The van der Waals surface area contributed by atoms with Gasteiger partial charge in [0.25, 0.3) is 0 Å². The van der Waals surface area contributed by atoms with Crippen molar-refractivity contribution < 1.29 is 9.26 Å².